The molecule has 0 unspecified atom stereocenters. The fourth-order valence-electron chi connectivity index (χ4n) is 3.61. The Kier molecular flexibility index (Phi) is 9.30. The summed E-state index contributed by atoms with van der Waals surface area (Å²) < 4.78 is 7.67. The standard InChI is InChI=1S/C26H27N5O7/c27-24(28)18-5-4-17(11-21(32)26(36)37)22(12-18)38-14-20(6-7-23(33)34)30-25(35)19-3-1-2-16(10-19)13-31-9-8-29-15-31/h1-5,8-10,12,15,20H,6-7,11,13-14H2,(H3,27,28)(H,30,35)(H,33,34)(H,36,37)/t20-/m1/s1. The molecule has 0 aliphatic carbocycles. The molecule has 12 nitrogen and oxygen atoms in total. The number of aromatic nitrogens is 2. The number of nitrogens with two attached hydrogens (primary N) is 1. The molecule has 0 bridgehead atoms. The lowest BCUT2D eigenvalue weighted by molar-refractivity contribution is -0.148. The number of nitrogen functional groups attached to an aromatic ring is 1. The van der Waals surface area contributed by atoms with Gasteiger partial charge in [0, 0.05) is 48.5 Å². The molecule has 0 radical (unpaired) electrons. The Hall–Kier alpha value is -5.00. The number of ketones is 1. The van der Waals surface area contributed by atoms with Gasteiger partial charge in [-0.05, 0) is 30.2 Å². The number of carbonyl (C=O) groups is 4. The molecule has 3 rings (SSSR count). The Morgan fingerprint density at radius 1 is 1.11 bits per heavy atom. The van der Waals surface area contributed by atoms with Crippen LogP contribution in [-0.4, -0.2) is 61.9 Å². The van der Waals surface area contributed by atoms with E-state index in [1.165, 1.54) is 18.2 Å². The highest BCUT2D eigenvalue weighted by Gasteiger charge is 2.20. The summed E-state index contributed by atoms with van der Waals surface area (Å²) in [5.74, 6) is -4.32. The predicted octanol–water partition coefficient (Wildman–Crippen LogP) is 1.45. The van der Waals surface area contributed by atoms with Crippen LogP contribution < -0.4 is 15.8 Å². The number of hydrogen-bond donors (Lipinski definition) is 5. The molecule has 0 aliphatic rings. The van der Waals surface area contributed by atoms with Crippen molar-refractivity contribution in [1.29, 1.82) is 5.41 Å². The van der Waals surface area contributed by atoms with Crippen molar-refractivity contribution < 1.29 is 34.1 Å². The summed E-state index contributed by atoms with van der Waals surface area (Å²) in [5.41, 5.74) is 7.31. The van der Waals surface area contributed by atoms with Gasteiger partial charge in [0.1, 0.15) is 18.2 Å². The fraction of sp³-hybridized carbons (Fsp3) is 0.231. The number of carbonyl (C=O) groups excluding carboxylic acids is 2. The number of nitrogens with one attached hydrogen (secondary N) is 2. The molecule has 0 aliphatic heterocycles. The Bertz CT molecular complexity index is 1340. The number of aliphatic carboxylic acids is 2. The lowest BCUT2D eigenvalue weighted by Gasteiger charge is -2.20. The minimum absolute atomic E-state index is 0.0472. The van der Waals surface area contributed by atoms with Crippen molar-refractivity contribution >= 4 is 29.5 Å². The van der Waals surface area contributed by atoms with Gasteiger partial charge in [0.15, 0.2) is 0 Å². The summed E-state index contributed by atoms with van der Waals surface area (Å²) in [6.45, 7) is 0.334. The Labute approximate surface area is 217 Å². The van der Waals surface area contributed by atoms with Gasteiger partial charge >= 0.3 is 11.9 Å². The molecule has 2 aromatic carbocycles. The van der Waals surface area contributed by atoms with Crippen LogP contribution in [0.25, 0.3) is 0 Å². The first-order chi connectivity index (χ1) is 18.1. The number of amides is 1. The SMILES string of the molecule is N=C(N)c1ccc(CC(=O)C(=O)O)c(OC[C@@H](CCC(=O)O)NC(=O)c2cccc(Cn3ccnc3)c2)c1. The number of nitrogens with zero attached hydrogens (tertiary/aromatic N) is 2. The number of amidine groups is 1. The van der Waals surface area contributed by atoms with E-state index in [1.54, 1.807) is 36.9 Å². The zero-order chi connectivity index (χ0) is 27.7. The first kappa shape index (κ1) is 27.6. The number of rotatable bonds is 14. The van der Waals surface area contributed by atoms with Crippen LogP contribution in [0.3, 0.4) is 0 Å². The highest BCUT2D eigenvalue weighted by molar-refractivity contribution is 6.33. The van der Waals surface area contributed by atoms with Gasteiger partial charge in [-0.25, -0.2) is 9.78 Å². The van der Waals surface area contributed by atoms with Crippen LogP contribution in [0.4, 0.5) is 0 Å². The lowest BCUT2D eigenvalue weighted by atomic mass is 10.0. The first-order valence-corrected chi connectivity index (χ1v) is 11.6. The summed E-state index contributed by atoms with van der Waals surface area (Å²) >= 11 is 0. The normalized spacial score (nSPS) is 11.4. The predicted molar refractivity (Wildman–Crippen MR) is 135 cm³/mol. The Morgan fingerprint density at radius 3 is 2.55 bits per heavy atom. The molecule has 1 atom stereocenters. The van der Waals surface area contributed by atoms with E-state index >= 15 is 0 Å². The number of imidazole rings is 1. The third-order valence-corrected chi connectivity index (χ3v) is 5.56. The zero-order valence-electron chi connectivity index (χ0n) is 20.3. The number of hydrogen-bond acceptors (Lipinski definition) is 7. The largest absolute Gasteiger partial charge is 0.491 e. The van der Waals surface area contributed by atoms with Crippen LogP contribution in [0, 0.1) is 5.41 Å². The zero-order valence-corrected chi connectivity index (χ0v) is 20.3. The fourth-order valence-corrected chi connectivity index (χ4v) is 3.61. The van der Waals surface area contributed by atoms with E-state index in [4.69, 9.17) is 26.1 Å². The van der Waals surface area contributed by atoms with E-state index in [0.717, 1.165) is 5.56 Å². The van der Waals surface area contributed by atoms with E-state index < -0.39 is 36.1 Å². The molecular weight excluding hydrogens is 494 g/mol. The number of ether oxygens (including phenoxy) is 1. The Balaban J connectivity index is 1.76. The van der Waals surface area contributed by atoms with E-state index in [1.807, 2.05) is 10.6 Å². The molecule has 6 N–H and O–H groups in total. The maximum absolute atomic E-state index is 13.0. The molecule has 38 heavy (non-hydrogen) atoms. The number of benzene rings is 2. The van der Waals surface area contributed by atoms with Crippen LogP contribution in [0.15, 0.2) is 61.2 Å². The molecule has 0 saturated heterocycles. The second-order valence-corrected chi connectivity index (χ2v) is 8.49. The summed E-state index contributed by atoms with van der Waals surface area (Å²) in [4.78, 5) is 51.0. The molecule has 1 amide bonds. The first-order valence-electron chi connectivity index (χ1n) is 11.6. The molecule has 3 aromatic rings. The molecule has 0 spiro atoms. The van der Waals surface area contributed by atoms with Crippen molar-refractivity contribution in [2.24, 2.45) is 5.73 Å². The molecular formula is C26H27N5O7. The second kappa shape index (κ2) is 12.8. The van der Waals surface area contributed by atoms with Gasteiger partial charge in [0.2, 0.25) is 5.78 Å². The smallest absolute Gasteiger partial charge is 0.372 e. The average molecular weight is 522 g/mol. The molecule has 1 heterocycles. The van der Waals surface area contributed by atoms with Gasteiger partial charge in [-0.15, -0.1) is 0 Å². The van der Waals surface area contributed by atoms with E-state index in [2.05, 4.69) is 10.3 Å². The van der Waals surface area contributed by atoms with Crippen LogP contribution in [-0.2, 0) is 27.3 Å². The molecule has 0 fully saturated rings. The molecule has 12 heteroatoms. The minimum Gasteiger partial charge on any atom is -0.491 e. The van der Waals surface area contributed by atoms with Gasteiger partial charge in [0.25, 0.3) is 5.91 Å². The quantitative estimate of drug-likeness (QED) is 0.118. The van der Waals surface area contributed by atoms with Crippen LogP contribution in [0.2, 0.25) is 0 Å². The van der Waals surface area contributed by atoms with Crippen molar-refractivity contribution in [3.63, 3.8) is 0 Å². The van der Waals surface area contributed by atoms with E-state index in [0.29, 0.717) is 12.1 Å². The maximum atomic E-state index is 13.0. The molecule has 1 aromatic heterocycles. The molecule has 198 valence electrons. The highest BCUT2D eigenvalue weighted by atomic mass is 16.5. The number of Topliss-reactive ketones (excluding diaryl/α,β-unsaturated/α-hetero) is 1. The van der Waals surface area contributed by atoms with Gasteiger partial charge in [-0.1, -0.05) is 24.3 Å². The summed E-state index contributed by atoms with van der Waals surface area (Å²) in [6, 6.07) is 10.5. The average Bonchev–Trinajstić information content (AvgIpc) is 3.39. The van der Waals surface area contributed by atoms with Crippen molar-refractivity contribution in [3.05, 3.63) is 83.4 Å². The summed E-state index contributed by atoms with van der Waals surface area (Å²) in [6.07, 6.45) is 4.45. The van der Waals surface area contributed by atoms with Crippen LogP contribution in [0.5, 0.6) is 5.75 Å². The van der Waals surface area contributed by atoms with E-state index in [-0.39, 0.29) is 42.2 Å². The van der Waals surface area contributed by atoms with Crippen molar-refractivity contribution in [1.82, 2.24) is 14.9 Å². The van der Waals surface area contributed by atoms with Crippen molar-refractivity contribution in [2.75, 3.05) is 6.61 Å². The van der Waals surface area contributed by atoms with Crippen LogP contribution >= 0.6 is 0 Å². The molecule has 0 saturated carbocycles. The van der Waals surface area contributed by atoms with Gasteiger partial charge in [-0.2, -0.15) is 0 Å². The third-order valence-electron chi connectivity index (χ3n) is 5.56. The monoisotopic (exact) mass is 521 g/mol. The van der Waals surface area contributed by atoms with Gasteiger partial charge in [-0.3, -0.25) is 19.8 Å². The third kappa shape index (κ3) is 8.01. The second-order valence-electron chi connectivity index (χ2n) is 8.49. The van der Waals surface area contributed by atoms with E-state index in [9.17, 15) is 19.2 Å². The highest BCUT2D eigenvalue weighted by Crippen LogP contribution is 2.22. The topological polar surface area (TPSA) is 198 Å². The van der Waals surface area contributed by atoms with Crippen molar-refractivity contribution in [2.45, 2.75) is 31.8 Å². The number of carboxylic acid groups (broad SMARTS) is 2. The van der Waals surface area contributed by atoms with Gasteiger partial charge < -0.3 is 30.6 Å². The summed E-state index contributed by atoms with van der Waals surface area (Å²) in [5, 5.41) is 28.6. The summed E-state index contributed by atoms with van der Waals surface area (Å²) in [7, 11) is 0. The lowest BCUT2D eigenvalue weighted by Crippen LogP contribution is -2.39. The van der Waals surface area contributed by atoms with Gasteiger partial charge in [0.05, 0.1) is 12.4 Å². The van der Waals surface area contributed by atoms with Crippen LogP contribution in [0.1, 0.15) is 39.9 Å². The van der Waals surface area contributed by atoms with Crippen molar-refractivity contribution in [3.8, 4) is 5.75 Å². The Morgan fingerprint density at radius 2 is 1.89 bits per heavy atom. The minimum atomic E-state index is -1.60. The number of carboxylic acids is 2. The maximum Gasteiger partial charge on any atom is 0.372 e.